The first kappa shape index (κ1) is 17.7. The van der Waals surface area contributed by atoms with Crippen molar-refractivity contribution in [3.8, 4) is 17.2 Å². The quantitative estimate of drug-likeness (QED) is 0.523. The topological polar surface area (TPSA) is 59.7 Å². The van der Waals surface area contributed by atoms with Crippen molar-refractivity contribution in [2.24, 2.45) is 0 Å². The molecule has 146 valence electrons. The van der Waals surface area contributed by atoms with E-state index in [1.807, 2.05) is 16.8 Å². The minimum absolute atomic E-state index is 0.374. The molecule has 7 heteroatoms. The number of hydrogen-bond acceptors (Lipinski definition) is 5. The normalized spacial score (nSPS) is 14.5. The summed E-state index contributed by atoms with van der Waals surface area (Å²) in [5, 5.41) is 0. The summed E-state index contributed by atoms with van der Waals surface area (Å²) in [5.41, 5.74) is 3.64. The molecule has 29 heavy (non-hydrogen) atoms. The first-order valence-corrected chi connectivity index (χ1v) is 9.87. The van der Waals surface area contributed by atoms with Crippen LogP contribution < -0.4 is 4.90 Å². The molecule has 1 fully saturated rings. The van der Waals surface area contributed by atoms with Gasteiger partial charge in [0.05, 0.1) is 23.4 Å². The summed E-state index contributed by atoms with van der Waals surface area (Å²) in [7, 11) is 0. The van der Waals surface area contributed by atoms with Crippen LogP contribution in [0.3, 0.4) is 0 Å². The summed E-state index contributed by atoms with van der Waals surface area (Å²) >= 11 is 0. The maximum absolute atomic E-state index is 13.4. The Labute approximate surface area is 168 Å². The van der Waals surface area contributed by atoms with Crippen molar-refractivity contribution in [1.82, 2.24) is 24.5 Å². The third-order valence-electron chi connectivity index (χ3n) is 5.41. The van der Waals surface area contributed by atoms with Crippen molar-refractivity contribution in [2.45, 2.75) is 26.2 Å². The Bertz CT molecular complexity index is 1160. The zero-order valence-electron chi connectivity index (χ0n) is 16.2. The molecule has 0 aromatic carbocycles. The lowest BCUT2D eigenvalue weighted by molar-refractivity contribution is 0.573. The summed E-state index contributed by atoms with van der Waals surface area (Å²) < 4.78 is 15.3. The Morgan fingerprint density at radius 1 is 0.931 bits per heavy atom. The van der Waals surface area contributed by atoms with E-state index in [1.165, 1.54) is 31.5 Å². The molecule has 0 aliphatic carbocycles. The minimum Gasteiger partial charge on any atom is -0.357 e. The monoisotopic (exact) mass is 388 g/mol. The van der Waals surface area contributed by atoms with Crippen molar-refractivity contribution >= 4 is 16.9 Å². The van der Waals surface area contributed by atoms with Gasteiger partial charge in [-0.3, -0.25) is 9.55 Å². The van der Waals surface area contributed by atoms with Crippen LogP contribution >= 0.6 is 0 Å². The standard InChI is InChI=1S/C22H21FN6/c1-15-11-21(28-9-3-2-4-10-28)26-13-17(15)22-27-18-7-8-24-14-19(18)29(22)20-6-5-16(23)12-25-20/h5-8,11-14H,2-4,9-10H2,1H3. The van der Waals surface area contributed by atoms with Crippen LogP contribution in [0, 0.1) is 12.7 Å². The summed E-state index contributed by atoms with van der Waals surface area (Å²) in [6, 6.07) is 7.04. The van der Waals surface area contributed by atoms with Crippen LogP contribution in [-0.2, 0) is 0 Å². The number of fused-ring (bicyclic) bond motifs is 1. The molecular formula is C22H21FN6. The van der Waals surface area contributed by atoms with Gasteiger partial charge in [-0.05, 0) is 56.0 Å². The lowest BCUT2D eigenvalue weighted by Crippen LogP contribution is -2.30. The van der Waals surface area contributed by atoms with Crippen molar-refractivity contribution in [1.29, 1.82) is 0 Å². The maximum atomic E-state index is 13.4. The first-order chi connectivity index (χ1) is 14.2. The molecule has 1 saturated heterocycles. The fourth-order valence-corrected chi connectivity index (χ4v) is 3.91. The molecule has 1 aliphatic rings. The van der Waals surface area contributed by atoms with Gasteiger partial charge in [0.15, 0.2) is 0 Å². The van der Waals surface area contributed by atoms with E-state index in [0.717, 1.165) is 46.9 Å². The van der Waals surface area contributed by atoms with Gasteiger partial charge in [-0.2, -0.15) is 0 Å². The molecule has 0 amide bonds. The minimum atomic E-state index is -0.374. The zero-order chi connectivity index (χ0) is 19.8. The Hall–Kier alpha value is -3.35. The molecule has 4 aromatic rings. The van der Waals surface area contributed by atoms with Crippen LogP contribution in [0.1, 0.15) is 24.8 Å². The van der Waals surface area contributed by atoms with Gasteiger partial charge in [-0.15, -0.1) is 0 Å². The van der Waals surface area contributed by atoms with Crippen LogP contribution in [0.5, 0.6) is 0 Å². The number of imidazole rings is 1. The van der Waals surface area contributed by atoms with E-state index in [1.54, 1.807) is 18.5 Å². The second kappa shape index (κ2) is 7.24. The number of anilines is 1. The molecule has 0 saturated carbocycles. The Kier molecular flexibility index (Phi) is 4.42. The largest absolute Gasteiger partial charge is 0.357 e. The molecule has 0 spiro atoms. The number of piperidine rings is 1. The van der Waals surface area contributed by atoms with Gasteiger partial charge in [-0.25, -0.2) is 19.3 Å². The third-order valence-corrected chi connectivity index (χ3v) is 5.41. The highest BCUT2D eigenvalue weighted by Gasteiger charge is 2.19. The van der Waals surface area contributed by atoms with Gasteiger partial charge in [0.2, 0.25) is 0 Å². The fraction of sp³-hybridized carbons (Fsp3) is 0.273. The van der Waals surface area contributed by atoms with E-state index >= 15 is 0 Å². The molecule has 0 atom stereocenters. The highest BCUT2D eigenvalue weighted by Crippen LogP contribution is 2.31. The predicted molar refractivity (Wildman–Crippen MR) is 111 cm³/mol. The second-order valence-corrected chi connectivity index (χ2v) is 7.37. The molecule has 4 aromatic heterocycles. The number of rotatable bonds is 3. The lowest BCUT2D eigenvalue weighted by atomic mass is 10.1. The number of hydrogen-bond donors (Lipinski definition) is 0. The Balaban J connectivity index is 1.65. The molecule has 0 N–H and O–H groups in total. The molecule has 5 rings (SSSR count). The third kappa shape index (κ3) is 3.22. The van der Waals surface area contributed by atoms with E-state index in [2.05, 4.69) is 27.9 Å². The number of nitrogens with zero attached hydrogens (tertiary/aromatic N) is 6. The number of pyridine rings is 3. The van der Waals surface area contributed by atoms with Crippen molar-refractivity contribution in [2.75, 3.05) is 18.0 Å². The van der Waals surface area contributed by atoms with Crippen molar-refractivity contribution in [3.05, 3.63) is 60.4 Å². The van der Waals surface area contributed by atoms with Gasteiger partial charge < -0.3 is 4.90 Å². The van der Waals surface area contributed by atoms with Crippen LogP contribution in [0.15, 0.2) is 49.1 Å². The highest BCUT2D eigenvalue weighted by molar-refractivity contribution is 5.82. The number of halogens is 1. The van der Waals surface area contributed by atoms with Gasteiger partial charge >= 0.3 is 0 Å². The summed E-state index contributed by atoms with van der Waals surface area (Å²) in [5.74, 6) is 1.95. The molecule has 1 aliphatic heterocycles. The molecule has 0 unspecified atom stereocenters. The van der Waals surface area contributed by atoms with E-state index < -0.39 is 0 Å². The van der Waals surface area contributed by atoms with E-state index in [-0.39, 0.29) is 5.82 Å². The summed E-state index contributed by atoms with van der Waals surface area (Å²) in [6.45, 7) is 4.18. The van der Waals surface area contributed by atoms with E-state index in [4.69, 9.17) is 9.97 Å². The van der Waals surface area contributed by atoms with Crippen molar-refractivity contribution in [3.63, 3.8) is 0 Å². The average Bonchev–Trinajstić information content (AvgIpc) is 3.14. The zero-order valence-corrected chi connectivity index (χ0v) is 16.2. The SMILES string of the molecule is Cc1cc(N2CCCCC2)ncc1-c1nc2ccncc2n1-c1ccc(F)cn1. The maximum Gasteiger partial charge on any atom is 0.148 e. The van der Waals surface area contributed by atoms with Crippen LogP contribution in [0.2, 0.25) is 0 Å². The molecule has 6 nitrogen and oxygen atoms in total. The predicted octanol–water partition coefficient (Wildman–Crippen LogP) is 4.32. The number of aryl methyl sites for hydroxylation is 1. The lowest BCUT2D eigenvalue weighted by Gasteiger charge is -2.28. The fourth-order valence-electron chi connectivity index (χ4n) is 3.91. The average molecular weight is 388 g/mol. The molecule has 0 radical (unpaired) electrons. The van der Waals surface area contributed by atoms with Gasteiger partial charge in [0.1, 0.15) is 23.3 Å². The van der Waals surface area contributed by atoms with Gasteiger partial charge in [0.25, 0.3) is 0 Å². The summed E-state index contributed by atoms with van der Waals surface area (Å²) in [6.07, 6.45) is 10.3. The Morgan fingerprint density at radius 2 is 1.76 bits per heavy atom. The Morgan fingerprint density at radius 3 is 2.52 bits per heavy atom. The second-order valence-electron chi connectivity index (χ2n) is 7.37. The van der Waals surface area contributed by atoms with Crippen LogP contribution in [0.4, 0.5) is 10.2 Å². The first-order valence-electron chi connectivity index (χ1n) is 9.87. The van der Waals surface area contributed by atoms with Crippen molar-refractivity contribution < 1.29 is 4.39 Å². The molecule has 5 heterocycles. The van der Waals surface area contributed by atoms with E-state index in [0.29, 0.717) is 5.82 Å². The van der Waals surface area contributed by atoms with Crippen LogP contribution in [0.25, 0.3) is 28.2 Å². The van der Waals surface area contributed by atoms with E-state index in [9.17, 15) is 4.39 Å². The molecule has 0 bridgehead atoms. The summed E-state index contributed by atoms with van der Waals surface area (Å²) in [4.78, 5) is 20.4. The smallest absolute Gasteiger partial charge is 0.148 e. The number of aromatic nitrogens is 5. The highest BCUT2D eigenvalue weighted by atomic mass is 19.1. The van der Waals surface area contributed by atoms with Crippen LogP contribution in [-0.4, -0.2) is 37.6 Å². The van der Waals surface area contributed by atoms with Gasteiger partial charge in [-0.1, -0.05) is 0 Å². The molecular weight excluding hydrogens is 367 g/mol. The van der Waals surface area contributed by atoms with Gasteiger partial charge in [0, 0.05) is 31.0 Å².